The van der Waals surface area contributed by atoms with Crippen LogP contribution in [0.1, 0.15) is 0 Å². The average molecular weight is 484 g/mol. The van der Waals surface area contributed by atoms with E-state index in [1.54, 1.807) is 0 Å². The van der Waals surface area contributed by atoms with Crippen LogP contribution >= 0.6 is 24.8 Å². The molecule has 1 nitrogen and oxygen atoms in total. The Hall–Kier alpha value is -0.730. The molecule has 1 aromatic heterocycles. The Labute approximate surface area is 193 Å². The molecule has 0 atom stereocenters. The van der Waals surface area contributed by atoms with Crippen molar-refractivity contribution in [3.8, 4) is 0 Å². The number of H-pyrrole nitrogens is 1. The van der Waals surface area contributed by atoms with Gasteiger partial charge in [0.25, 0.3) is 0 Å². The van der Waals surface area contributed by atoms with E-state index in [1.807, 2.05) is 24.3 Å². The van der Waals surface area contributed by atoms with Gasteiger partial charge < -0.3 is 19.8 Å². The minimum atomic E-state index is 0. The van der Waals surface area contributed by atoms with Crippen LogP contribution in [0.25, 0.3) is 21.7 Å². The first-order valence-corrected chi connectivity index (χ1v) is 8.98. The third kappa shape index (κ3) is 10.4. The van der Waals surface area contributed by atoms with E-state index in [0.717, 1.165) is 15.0 Å². The Balaban J connectivity index is -0.000000139. The second kappa shape index (κ2) is 19.0. The summed E-state index contributed by atoms with van der Waals surface area (Å²) < 4.78 is 0. The van der Waals surface area contributed by atoms with Crippen molar-refractivity contribution in [2.24, 2.45) is 0 Å². The van der Waals surface area contributed by atoms with Crippen LogP contribution in [-0.4, -0.2) is 14.5 Å². The first-order valence-electron chi connectivity index (χ1n) is 6.98. The molecule has 26 heavy (non-hydrogen) atoms. The number of benzene rings is 2. The van der Waals surface area contributed by atoms with E-state index in [9.17, 15) is 0 Å². The van der Waals surface area contributed by atoms with Gasteiger partial charge in [-0.3, -0.25) is 0 Å². The molecular weight excluding hydrogens is 456 g/mol. The normalized spacial score (nSPS) is 7.77. The van der Waals surface area contributed by atoms with Gasteiger partial charge in [0, 0.05) is 9.52 Å². The number of hydrogen-bond donors (Lipinski definition) is 1. The van der Waals surface area contributed by atoms with E-state index in [2.05, 4.69) is 72.8 Å². The van der Waals surface area contributed by atoms with Crippen molar-refractivity contribution in [1.29, 1.82) is 0 Å². The Morgan fingerprint density at radius 1 is 0.846 bits per heavy atom. The third-order valence-corrected chi connectivity index (χ3v) is 2.94. The Kier molecular flexibility index (Phi) is 24.1. The van der Waals surface area contributed by atoms with Crippen LogP contribution < -0.4 is 0 Å². The maximum atomic E-state index is 2.99. The number of fused-ring (bicyclic) bond motifs is 2. The van der Waals surface area contributed by atoms with Crippen LogP contribution in [0.15, 0.2) is 72.8 Å². The van der Waals surface area contributed by atoms with Crippen molar-refractivity contribution in [1.82, 2.24) is 4.98 Å². The molecule has 0 fully saturated rings. The predicted octanol–water partition coefficient (Wildman–Crippen LogP) is 7.06. The fourth-order valence-corrected chi connectivity index (χ4v) is 2.00. The van der Waals surface area contributed by atoms with E-state index in [0.29, 0.717) is 0 Å². The van der Waals surface area contributed by atoms with Crippen LogP contribution in [0.4, 0.5) is 0 Å². The molecule has 1 heterocycles. The maximum Gasteiger partial charge on any atom is 4.00 e. The van der Waals surface area contributed by atoms with Gasteiger partial charge in [0.2, 0.25) is 0 Å². The molecule has 1 N–H and O–H groups in total. The largest absolute Gasteiger partial charge is 4.00 e. The molecule has 4 rings (SSSR count). The van der Waals surface area contributed by atoms with Crippen LogP contribution in [0.5, 0.6) is 0 Å². The summed E-state index contributed by atoms with van der Waals surface area (Å²) >= 11 is 0. The van der Waals surface area contributed by atoms with Crippen LogP contribution in [-0.2, 0) is 26.2 Å². The molecule has 0 spiro atoms. The monoisotopic (exact) mass is 481 g/mol. The molecule has 0 unspecified atom stereocenters. The summed E-state index contributed by atoms with van der Waals surface area (Å²) in [6, 6.07) is 24.7. The van der Waals surface area contributed by atoms with Crippen molar-refractivity contribution < 1.29 is 26.2 Å². The summed E-state index contributed by atoms with van der Waals surface area (Å²) in [5, 5.41) is 3.88. The van der Waals surface area contributed by atoms with E-state index in [-0.39, 0.29) is 65.9 Å². The number of para-hydroxylation sites is 1. The number of aromatic amines is 1. The number of rotatable bonds is 0. The molecule has 0 aliphatic heterocycles. The standard InChI is InChI=1S/C9H7.C8H6N.C2H6Si.2CH3.2ClH.Zr/c1-2-5-9-7-3-6-8(9)4-1;1-2-4-8-7(3-1)5-6-9-8;1-3-2;;;;;/h1-7H;1-5,9H;1-2H3;2*1H3;2*1H;/q2*-1;;2*-1;;;+4. The van der Waals surface area contributed by atoms with E-state index in [1.165, 1.54) is 16.2 Å². The van der Waals surface area contributed by atoms with Gasteiger partial charge in [0.1, 0.15) is 0 Å². The Morgan fingerprint density at radius 3 is 1.96 bits per heavy atom. The SMILES string of the molecule is C[Si]C.Cl.Cl.[CH3-].[CH3-].[Zr+4].[c-]1cc2ccccc2[nH]1.c1ccc2[cH-]ccc2c1. The van der Waals surface area contributed by atoms with E-state index >= 15 is 0 Å². The van der Waals surface area contributed by atoms with Gasteiger partial charge in [-0.2, -0.15) is 29.0 Å². The number of halogens is 2. The second-order valence-corrected chi connectivity index (χ2v) is 5.66. The maximum absolute atomic E-state index is 2.99. The average Bonchev–Trinajstić information content (AvgIpc) is 3.17. The number of nitrogens with one attached hydrogen (secondary N) is 1. The molecule has 3 aromatic carbocycles. The topological polar surface area (TPSA) is 15.8 Å². The van der Waals surface area contributed by atoms with E-state index in [4.69, 9.17) is 0 Å². The number of hydrogen-bond acceptors (Lipinski definition) is 0. The molecule has 0 saturated heterocycles. The minimum Gasteiger partial charge on any atom is -0.477 e. The van der Waals surface area contributed by atoms with Gasteiger partial charge >= 0.3 is 26.2 Å². The zero-order chi connectivity index (χ0) is 14.9. The zero-order valence-electron chi connectivity index (χ0n) is 15.7. The molecule has 0 aliphatic carbocycles. The molecule has 4 aromatic rings. The number of aromatic nitrogens is 1. The van der Waals surface area contributed by atoms with Gasteiger partial charge in [-0.15, -0.1) is 78.3 Å². The molecule has 0 amide bonds. The molecule has 0 saturated carbocycles. The first-order chi connectivity index (χ1) is 10.3. The minimum absolute atomic E-state index is 0. The summed E-state index contributed by atoms with van der Waals surface area (Å²) in [6.45, 7) is 4.31. The van der Waals surface area contributed by atoms with Crippen LogP contribution in [0.3, 0.4) is 0 Å². The summed E-state index contributed by atoms with van der Waals surface area (Å²) in [6.07, 6.45) is 2.91. The van der Waals surface area contributed by atoms with Gasteiger partial charge in [0.05, 0.1) is 0 Å². The molecule has 5 heteroatoms. The molecule has 2 radical (unpaired) electrons. The van der Waals surface area contributed by atoms with E-state index < -0.39 is 0 Å². The fourth-order valence-electron chi connectivity index (χ4n) is 2.00. The summed E-state index contributed by atoms with van der Waals surface area (Å²) in [5.74, 6) is 0. The van der Waals surface area contributed by atoms with Crippen molar-refractivity contribution in [2.75, 3.05) is 0 Å². The molecular formula is C21H27Cl2NSiZr. The summed E-state index contributed by atoms with van der Waals surface area (Å²) in [5.41, 5.74) is 1.15. The van der Waals surface area contributed by atoms with Crippen molar-refractivity contribution in [3.05, 3.63) is 93.8 Å². The van der Waals surface area contributed by atoms with Crippen molar-refractivity contribution in [2.45, 2.75) is 13.1 Å². The summed E-state index contributed by atoms with van der Waals surface area (Å²) in [4.78, 5) is 2.99. The summed E-state index contributed by atoms with van der Waals surface area (Å²) in [7, 11) is 1.08. The first kappa shape index (κ1) is 32.9. The van der Waals surface area contributed by atoms with Crippen LogP contribution in [0.2, 0.25) is 13.1 Å². The predicted molar refractivity (Wildman–Crippen MR) is 121 cm³/mol. The smallest absolute Gasteiger partial charge is 0.477 e. The fraction of sp³-hybridized carbons (Fsp3) is 0.0952. The molecule has 138 valence electrons. The van der Waals surface area contributed by atoms with Crippen molar-refractivity contribution in [3.63, 3.8) is 0 Å². The van der Waals surface area contributed by atoms with Gasteiger partial charge in [-0.25, -0.2) is 0 Å². The second-order valence-electron chi connectivity index (χ2n) is 4.66. The quantitative estimate of drug-likeness (QED) is 0.204. The zero-order valence-corrected chi connectivity index (χ0v) is 20.8. The molecule has 0 aliphatic rings. The third-order valence-electron chi connectivity index (χ3n) is 2.94. The van der Waals surface area contributed by atoms with Gasteiger partial charge in [0.15, 0.2) is 0 Å². The van der Waals surface area contributed by atoms with Gasteiger partial charge in [-0.05, 0) is 0 Å². The van der Waals surface area contributed by atoms with Crippen molar-refractivity contribution >= 4 is 56.0 Å². The van der Waals surface area contributed by atoms with Gasteiger partial charge in [-0.1, -0.05) is 31.3 Å². The van der Waals surface area contributed by atoms with Crippen LogP contribution in [0, 0.1) is 21.1 Å². The Morgan fingerprint density at radius 2 is 1.38 bits per heavy atom. The Bertz CT molecular complexity index is 657. The molecule has 0 bridgehead atoms.